The Morgan fingerprint density at radius 1 is 1.08 bits per heavy atom. The van der Waals surface area contributed by atoms with Gasteiger partial charge in [-0.05, 0) is 56.4 Å². The Labute approximate surface area is 216 Å². The maximum absolute atomic E-state index is 14.0. The lowest BCUT2D eigenvalue weighted by molar-refractivity contribution is -0.140. The van der Waals surface area contributed by atoms with Crippen molar-refractivity contribution in [3.8, 4) is 0 Å². The van der Waals surface area contributed by atoms with Crippen LogP contribution in [0, 0.1) is 31.6 Å². The molecule has 1 spiro atoms. The summed E-state index contributed by atoms with van der Waals surface area (Å²) < 4.78 is -0.732. The smallest absolute Gasteiger partial charge is 0.248 e. The number of nitrogens with one attached hydrogen (secondary N) is 2. The molecular formula is C28H33N3O4S. The van der Waals surface area contributed by atoms with Crippen LogP contribution in [-0.4, -0.2) is 56.4 Å². The van der Waals surface area contributed by atoms with Crippen molar-refractivity contribution in [2.45, 2.75) is 56.2 Å². The van der Waals surface area contributed by atoms with Crippen molar-refractivity contribution in [3.05, 3.63) is 59.7 Å². The summed E-state index contributed by atoms with van der Waals surface area (Å²) in [5.74, 6) is -1.75. The molecule has 3 fully saturated rings. The van der Waals surface area contributed by atoms with E-state index in [1.807, 2.05) is 62.4 Å². The highest BCUT2D eigenvalue weighted by Gasteiger charge is 2.76. The number of aryl methyl sites for hydroxylation is 2. The minimum absolute atomic E-state index is 0.0419. The lowest BCUT2D eigenvalue weighted by Crippen LogP contribution is -2.56. The van der Waals surface area contributed by atoms with Crippen LogP contribution in [0.15, 0.2) is 48.5 Å². The second-order valence-electron chi connectivity index (χ2n) is 10.4. The van der Waals surface area contributed by atoms with Gasteiger partial charge >= 0.3 is 0 Å². The molecule has 3 aliphatic heterocycles. The molecule has 0 aromatic heterocycles. The van der Waals surface area contributed by atoms with Gasteiger partial charge in [-0.25, -0.2) is 0 Å². The molecule has 3 saturated heterocycles. The van der Waals surface area contributed by atoms with Crippen LogP contribution in [-0.2, 0) is 14.4 Å². The van der Waals surface area contributed by atoms with E-state index < -0.39 is 28.7 Å². The highest BCUT2D eigenvalue weighted by molar-refractivity contribution is 8.02. The van der Waals surface area contributed by atoms with Crippen LogP contribution in [0.25, 0.3) is 0 Å². The first kappa shape index (κ1) is 24.8. The number of rotatable bonds is 6. The number of aliphatic hydroxyl groups excluding tert-OH is 1. The average molecular weight is 508 g/mol. The van der Waals surface area contributed by atoms with E-state index in [2.05, 4.69) is 17.6 Å². The molecule has 2 aromatic carbocycles. The van der Waals surface area contributed by atoms with Gasteiger partial charge in [-0.2, -0.15) is 0 Å². The van der Waals surface area contributed by atoms with E-state index in [1.54, 1.807) is 23.6 Å². The first-order valence-corrected chi connectivity index (χ1v) is 13.4. The SMILES string of the molecule is Cc1cccc(C)c1NC(=O)C1N([C@H](C)CO)C(=O)[C@@H]2[C@H](C(=O)Nc3ccccc3)[C@@H]3CC(C)C12S3. The predicted octanol–water partition coefficient (Wildman–Crippen LogP) is 3.60. The summed E-state index contributed by atoms with van der Waals surface area (Å²) in [5.41, 5.74) is 3.32. The zero-order chi connectivity index (χ0) is 25.8. The molecule has 190 valence electrons. The number of amides is 3. The molecule has 36 heavy (non-hydrogen) atoms. The second kappa shape index (κ2) is 9.23. The molecule has 2 aromatic rings. The number of hydrogen-bond donors (Lipinski definition) is 3. The summed E-state index contributed by atoms with van der Waals surface area (Å²) in [6.07, 6.45) is 0.760. The highest BCUT2D eigenvalue weighted by Crippen LogP contribution is 2.68. The average Bonchev–Trinajstić information content (AvgIpc) is 3.45. The van der Waals surface area contributed by atoms with Gasteiger partial charge in [-0.3, -0.25) is 14.4 Å². The molecule has 0 radical (unpaired) electrons. The fourth-order valence-electron chi connectivity index (χ4n) is 6.57. The maximum Gasteiger partial charge on any atom is 0.248 e. The minimum Gasteiger partial charge on any atom is -0.394 e. The molecule has 3 unspecified atom stereocenters. The monoisotopic (exact) mass is 507 g/mol. The molecule has 0 aliphatic carbocycles. The Hall–Kier alpha value is -2.84. The van der Waals surface area contributed by atoms with Gasteiger partial charge in [-0.1, -0.05) is 43.3 Å². The molecule has 8 heteroatoms. The molecule has 7 nitrogen and oxygen atoms in total. The number of fused-ring (bicyclic) bond motifs is 1. The number of likely N-dealkylation sites (tertiary alicyclic amines) is 1. The molecular weight excluding hydrogens is 474 g/mol. The summed E-state index contributed by atoms with van der Waals surface area (Å²) in [4.78, 5) is 43.2. The Morgan fingerprint density at radius 2 is 1.75 bits per heavy atom. The van der Waals surface area contributed by atoms with Gasteiger partial charge in [0.2, 0.25) is 17.7 Å². The molecule has 5 rings (SSSR count). The maximum atomic E-state index is 14.0. The third-order valence-electron chi connectivity index (χ3n) is 8.24. The standard InChI is InChI=1S/C28H33N3O4S/c1-15-9-8-10-16(2)23(15)30-26(34)24-28-17(3)13-20(36-28)21(22(28)27(35)31(24)18(4)14-32)25(33)29-19-11-6-5-7-12-19/h5-12,17-18,20-22,24,32H,13-14H2,1-4H3,(H,29,33)(H,30,34)/t17?,18-,20+,21-,22+,24?,28?/m1/s1. The lowest BCUT2D eigenvalue weighted by Gasteiger charge is -2.39. The van der Waals surface area contributed by atoms with E-state index >= 15 is 0 Å². The predicted molar refractivity (Wildman–Crippen MR) is 142 cm³/mol. The third kappa shape index (κ3) is 3.65. The number of thioether (sulfide) groups is 1. The third-order valence-corrected chi connectivity index (χ3v) is 10.3. The Morgan fingerprint density at radius 3 is 2.39 bits per heavy atom. The largest absolute Gasteiger partial charge is 0.394 e. The quantitative estimate of drug-likeness (QED) is 0.555. The molecule has 3 aliphatic rings. The van der Waals surface area contributed by atoms with Crippen LogP contribution >= 0.6 is 11.8 Å². The molecule has 7 atom stereocenters. The van der Waals surface area contributed by atoms with Crippen LogP contribution in [0.5, 0.6) is 0 Å². The van der Waals surface area contributed by atoms with Gasteiger partial charge < -0.3 is 20.6 Å². The van der Waals surface area contributed by atoms with E-state index in [-0.39, 0.29) is 35.5 Å². The lowest BCUT2D eigenvalue weighted by atomic mass is 9.66. The van der Waals surface area contributed by atoms with Crippen LogP contribution < -0.4 is 10.6 Å². The van der Waals surface area contributed by atoms with E-state index in [1.165, 1.54) is 0 Å². The normalized spacial score (nSPS) is 31.3. The number of nitrogens with zero attached hydrogens (tertiary/aromatic N) is 1. The van der Waals surface area contributed by atoms with Crippen molar-refractivity contribution in [2.75, 3.05) is 17.2 Å². The van der Waals surface area contributed by atoms with E-state index in [0.29, 0.717) is 5.69 Å². The van der Waals surface area contributed by atoms with Gasteiger partial charge in [-0.15, -0.1) is 11.8 Å². The van der Waals surface area contributed by atoms with E-state index in [4.69, 9.17) is 0 Å². The highest BCUT2D eigenvalue weighted by atomic mass is 32.2. The van der Waals surface area contributed by atoms with Gasteiger partial charge in [0, 0.05) is 16.6 Å². The summed E-state index contributed by atoms with van der Waals surface area (Å²) in [7, 11) is 0. The van der Waals surface area contributed by atoms with Crippen molar-refractivity contribution < 1.29 is 19.5 Å². The van der Waals surface area contributed by atoms with Crippen molar-refractivity contribution in [1.82, 2.24) is 4.90 Å². The number of carbonyl (C=O) groups excluding carboxylic acids is 3. The van der Waals surface area contributed by atoms with Gasteiger partial charge in [0.25, 0.3) is 0 Å². The number of para-hydroxylation sites is 2. The zero-order valence-corrected chi connectivity index (χ0v) is 21.8. The number of benzene rings is 2. The summed E-state index contributed by atoms with van der Waals surface area (Å²) in [6.45, 7) is 7.48. The Bertz CT molecular complexity index is 1180. The van der Waals surface area contributed by atoms with Crippen molar-refractivity contribution in [3.63, 3.8) is 0 Å². The molecule has 0 saturated carbocycles. The van der Waals surface area contributed by atoms with Crippen molar-refractivity contribution in [1.29, 1.82) is 0 Å². The Balaban J connectivity index is 1.54. The summed E-state index contributed by atoms with van der Waals surface area (Å²) >= 11 is 1.63. The number of aliphatic hydroxyl groups is 1. The number of carbonyl (C=O) groups is 3. The zero-order valence-electron chi connectivity index (χ0n) is 21.0. The van der Waals surface area contributed by atoms with Crippen LogP contribution in [0.1, 0.15) is 31.4 Å². The number of hydrogen-bond acceptors (Lipinski definition) is 5. The first-order valence-electron chi connectivity index (χ1n) is 12.5. The van der Waals surface area contributed by atoms with Crippen LogP contribution in [0.4, 0.5) is 11.4 Å². The fraction of sp³-hybridized carbons (Fsp3) is 0.464. The first-order chi connectivity index (χ1) is 17.2. The Kier molecular flexibility index (Phi) is 6.37. The van der Waals surface area contributed by atoms with E-state index in [0.717, 1.165) is 23.2 Å². The van der Waals surface area contributed by atoms with Crippen molar-refractivity contribution >= 4 is 40.9 Å². The topological polar surface area (TPSA) is 98.7 Å². The molecule has 3 amide bonds. The summed E-state index contributed by atoms with van der Waals surface area (Å²) in [6, 6.07) is 13.8. The number of anilines is 2. The van der Waals surface area contributed by atoms with Gasteiger partial charge in [0.15, 0.2) is 0 Å². The summed E-state index contributed by atoms with van der Waals surface area (Å²) in [5, 5.41) is 16.1. The van der Waals surface area contributed by atoms with Crippen LogP contribution in [0.2, 0.25) is 0 Å². The minimum atomic E-state index is -0.782. The van der Waals surface area contributed by atoms with E-state index in [9.17, 15) is 19.5 Å². The van der Waals surface area contributed by atoms with Gasteiger partial charge in [0.05, 0.1) is 29.2 Å². The second-order valence-corrected chi connectivity index (χ2v) is 12.0. The van der Waals surface area contributed by atoms with Gasteiger partial charge in [0.1, 0.15) is 6.04 Å². The molecule has 3 N–H and O–H groups in total. The van der Waals surface area contributed by atoms with Crippen molar-refractivity contribution in [2.24, 2.45) is 17.8 Å². The van der Waals surface area contributed by atoms with Crippen LogP contribution in [0.3, 0.4) is 0 Å². The molecule has 2 bridgehead atoms. The molecule has 3 heterocycles. The fourth-order valence-corrected chi connectivity index (χ4v) is 8.98.